The normalized spacial score (nSPS) is 28.2. The van der Waals surface area contributed by atoms with Crippen molar-refractivity contribution in [1.29, 1.82) is 0 Å². The van der Waals surface area contributed by atoms with Crippen LogP contribution in [0.2, 0.25) is 0 Å². The van der Waals surface area contributed by atoms with Gasteiger partial charge >= 0.3 is 6.03 Å². The summed E-state index contributed by atoms with van der Waals surface area (Å²) >= 11 is 0. The van der Waals surface area contributed by atoms with E-state index in [1.807, 2.05) is 0 Å². The van der Waals surface area contributed by atoms with Crippen LogP contribution in [0.25, 0.3) is 0 Å². The molecule has 6 nitrogen and oxygen atoms in total. The Bertz CT molecular complexity index is 679. The average molecular weight is 363 g/mol. The van der Waals surface area contributed by atoms with Crippen molar-refractivity contribution in [3.63, 3.8) is 0 Å². The van der Waals surface area contributed by atoms with Gasteiger partial charge in [0, 0.05) is 38.8 Å². The summed E-state index contributed by atoms with van der Waals surface area (Å²) in [7, 11) is 3.48. The number of ether oxygens (including phenoxy) is 1. The van der Waals surface area contributed by atoms with Crippen LogP contribution in [0.3, 0.4) is 0 Å². The molecule has 1 spiro atoms. The van der Waals surface area contributed by atoms with Crippen molar-refractivity contribution in [1.82, 2.24) is 9.80 Å². The van der Waals surface area contributed by atoms with E-state index in [0.717, 1.165) is 12.8 Å². The second kappa shape index (κ2) is 7.23. The number of amides is 3. The number of benzene rings is 1. The van der Waals surface area contributed by atoms with E-state index in [4.69, 9.17) is 4.74 Å². The second-order valence-corrected chi connectivity index (χ2v) is 7.48. The van der Waals surface area contributed by atoms with Gasteiger partial charge in [0.25, 0.3) is 5.91 Å². The van der Waals surface area contributed by atoms with Crippen molar-refractivity contribution >= 4 is 17.6 Å². The third-order valence-electron chi connectivity index (χ3n) is 5.50. The quantitative estimate of drug-likeness (QED) is 0.879. The van der Waals surface area contributed by atoms with E-state index in [9.17, 15) is 14.0 Å². The zero-order chi connectivity index (χ0) is 18.9. The molecule has 2 aliphatic rings. The Morgan fingerprint density at radius 3 is 2.58 bits per heavy atom. The largest absolute Gasteiger partial charge is 0.362 e. The molecule has 1 aromatic rings. The molecule has 3 atom stereocenters. The van der Waals surface area contributed by atoms with E-state index in [2.05, 4.69) is 12.2 Å². The monoisotopic (exact) mass is 363 g/mol. The van der Waals surface area contributed by atoms with E-state index in [-0.39, 0.29) is 35.4 Å². The number of hydrogen-bond donors (Lipinski definition) is 1. The Balaban J connectivity index is 1.59. The van der Waals surface area contributed by atoms with Gasteiger partial charge in [-0.2, -0.15) is 0 Å². The van der Waals surface area contributed by atoms with Crippen molar-refractivity contribution in [2.75, 3.05) is 32.5 Å². The zero-order valence-corrected chi connectivity index (χ0v) is 15.5. The molecule has 0 bridgehead atoms. The van der Waals surface area contributed by atoms with Gasteiger partial charge in [-0.1, -0.05) is 6.92 Å². The maximum absolute atomic E-state index is 13.0. The predicted molar refractivity (Wildman–Crippen MR) is 96.3 cm³/mol. The number of nitrogens with one attached hydrogen (secondary N) is 1. The lowest BCUT2D eigenvalue weighted by Crippen LogP contribution is -2.53. The fourth-order valence-corrected chi connectivity index (χ4v) is 3.86. The van der Waals surface area contributed by atoms with Crippen LogP contribution >= 0.6 is 0 Å². The average Bonchev–Trinajstić information content (AvgIpc) is 3.04. The number of carbonyl (C=O) groups is 2. The summed E-state index contributed by atoms with van der Waals surface area (Å²) in [5.41, 5.74) is 0.237. The number of likely N-dealkylation sites (tertiary alicyclic amines) is 1. The van der Waals surface area contributed by atoms with Gasteiger partial charge in [-0.05, 0) is 43.5 Å². The fraction of sp³-hybridized carbons (Fsp3) is 0.579. The van der Waals surface area contributed by atoms with E-state index in [1.54, 1.807) is 36.0 Å². The lowest BCUT2D eigenvalue weighted by atomic mass is 9.80. The van der Waals surface area contributed by atoms with Crippen molar-refractivity contribution in [2.45, 2.75) is 37.9 Å². The molecular weight excluding hydrogens is 337 g/mol. The summed E-state index contributed by atoms with van der Waals surface area (Å²) < 4.78 is 19.2. The molecule has 7 heteroatoms. The van der Waals surface area contributed by atoms with Crippen molar-refractivity contribution in [2.24, 2.45) is 5.92 Å². The van der Waals surface area contributed by atoms with E-state index >= 15 is 0 Å². The van der Waals surface area contributed by atoms with Crippen LogP contribution in [0.15, 0.2) is 24.3 Å². The van der Waals surface area contributed by atoms with Gasteiger partial charge in [0.2, 0.25) is 0 Å². The lowest BCUT2D eigenvalue weighted by molar-refractivity contribution is -0.153. The highest BCUT2D eigenvalue weighted by molar-refractivity contribution is 5.89. The molecule has 26 heavy (non-hydrogen) atoms. The molecule has 1 aromatic carbocycles. The molecule has 2 aliphatic heterocycles. The summed E-state index contributed by atoms with van der Waals surface area (Å²) in [6, 6.07) is 5.52. The first kappa shape index (κ1) is 18.6. The first-order valence-corrected chi connectivity index (χ1v) is 9.01. The number of carbonyl (C=O) groups excluding carboxylic acids is 2. The molecule has 2 heterocycles. The Morgan fingerprint density at radius 2 is 1.96 bits per heavy atom. The molecule has 0 radical (unpaired) electrons. The van der Waals surface area contributed by atoms with Gasteiger partial charge in [0.15, 0.2) is 0 Å². The number of anilines is 1. The molecule has 3 amide bonds. The van der Waals surface area contributed by atoms with Crippen LogP contribution in [0.4, 0.5) is 14.9 Å². The van der Waals surface area contributed by atoms with Crippen LogP contribution in [0, 0.1) is 11.7 Å². The van der Waals surface area contributed by atoms with Gasteiger partial charge in [-0.25, -0.2) is 9.18 Å². The standard InChI is InChI=1S/C19H26FN3O3/c1-13-12-23(18(25)21-15-6-4-14(20)5-7-15)11-10-19(13)9-8-16(26-19)17(24)22(2)3/h4-7,13,16H,8-12H2,1-3H3,(H,21,25)/t13-,16+,19+/m0/s1. The summed E-state index contributed by atoms with van der Waals surface area (Å²) in [6.07, 6.45) is 1.89. The molecule has 142 valence electrons. The van der Waals surface area contributed by atoms with Gasteiger partial charge in [0.1, 0.15) is 11.9 Å². The fourth-order valence-electron chi connectivity index (χ4n) is 3.86. The van der Waals surface area contributed by atoms with E-state index in [0.29, 0.717) is 25.2 Å². The Kier molecular flexibility index (Phi) is 5.18. The van der Waals surface area contributed by atoms with E-state index < -0.39 is 0 Å². The van der Waals surface area contributed by atoms with Crippen LogP contribution in [-0.4, -0.2) is 60.6 Å². The van der Waals surface area contributed by atoms with Crippen molar-refractivity contribution in [3.05, 3.63) is 30.1 Å². The highest BCUT2D eigenvalue weighted by atomic mass is 19.1. The van der Waals surface area contributed by atoms with Crippen LogP contribution in [-0.2, 0) is 9.53 Å². The number of nitrogens with zero attached hydrogens (tertiary/aromatic N) is 2. The van der Waals surface area contributed by atoms with Crippen molar-refractivity contribution < 1.29 is 18.7 Å². The van der Waals surface area contributed by atoms with Crippen molar-refractivity contribution in [3.8, 4) is 0 Å². The molecule has 0 aromatic heterocycles. The minimum atomic E-state index is -0.382. The molecule has 1 N–H and O–H groups in total. The topological polar surface area (TPSA) is 61.9 Å². The minimum absolute atomic E-state index is 0.00515. The van der Waals surface area contributed by atoms with Gasteiger partial charge < -0.3 is 19.9 Å². The lowest BCUT2D eigenvalue weighted by Gasteiger charge is -2.44. The second-order valence-electron chi connectivity index (χ2n) is 7.48. The van der Waals surface area contributed by atoms with Crippen LogP contribution in [0.5, 0.6) is 0 Å². The van der Waals surface area contributed by atoms with Crippen LogP contribution in [0.1, 0.15) is 26.2 Å². The Hall–Kier alpha value is -2.15. The molecule has 0 saturated carbocycles. The molecule has 2 saturated heterocycles. The van der Waals surface area contributed by atoms with Crippen LogP contribution < -0.4 is 5.32 Å². The summed E-state index contributed by atoms with van der Waals surface area (Å²) in [6.45, 7) is 3.20. The number of halogens is 1. The number of hydrogen-bond acceptors (Lipinski definition) is 3. The molecule has 0 aliphatic carbocycles. The highest BCUT2D eigenvalue weighted by Gasteiger charge is 2.49. The molecule has 3 rings (SSSR count). The highest BCUT2D eigenvalue weighted by Crippen LogP contribution is 2.42. The third-order valence-corrected chi connectivity index (χ3v) is 5.50. The SMILES string of the molecule is C[C@H]1CN(C(=O)Nc2ccc(F)cc2)CC[C@]12CC[C@H](C(=O)N(C)C)O2. The van der Waals surface area contributed by atoms with Gasteiger partial charge in [0.05, 0.1) is 5.60 Å². The number of likely N-dealkylation sites (N-methyl/N-ethyl adjacent to an activating group) is 1. The number of urea groups is 1. The first-order valence-electron chi connectivity index (χ1n) is 9.01. The third kappa shape index (κ3) is 3.67. The first-order chi connectivity index (χ1) is 12.3. The molecule has 0 unspecified atom stereocenters. The van der Waals surface area contributed by atoms with Gasteiger partial charge in [-0.3, -0.25) is 4.79 Å². The number of piperidine rings is 1. The van der Waals surface area contributed by atoms with E-state index in [1.165, 1.54) is 12.1 Å². The predicted octanol–water partition coefficient (Wildman–Crippen LogP) is 2.71. The summed E-state index contributed by atoms with van der Waals surface area (Å²) in [4.78, 5) is 28.0. The summed E-state index contributed by atoms with van der Waals surface area (Å²) in [5, 5.41) is 2.80. The summed E-state index contributed by atoms with van der Waals surface area (Å²) in [5.74, 6) is -0.197. The molecular formula is C19H26FN3O3. The Labute approximate surface area is 153 Å². The minimum Gasteiger partial charge on any atom is -0.362 e. The smallest absolute Gasteiger partial charge is 0.321 e. The molecule has 2 fully saturated rings. The number of rotatable bonds is 2. The maximum atomic E-state index is 13.0. The maximum Gasteiger partial charge on any atom is 0.321 e. The Morgan fingerprint density at radius 1 is 1.27 bits per heavy atom. The zero-order valence-electron chi connectivity index (χ0n) is 15.5. The van der Waals surface area contributed by atoms with Gasteiger partial charge in [-0.15, -0.1) is 0 Å².